The van der Waals surface area contributed by atoms with Gasteiger partial charge in [-0.25, -0.2) is 0 Å². The molecule has 49 nitrogen and oxygen atoms in total. The smallest absolute Gasteiger partial charge is 0.373 e. The molecule has 0 saturated heterocycles. The fourth-order valence-electron chi connectivity index (χ4n) is 10.7. The normalized spacial score (nSPS) is 12.1. The number of carboxylic acids is 16. The highest BCUT2D eigenvalue weighted by molar-refractivity contribution is 5.80. The molecule has 0 amide bonds. The molecular formula is C83H132N10O39. The number of benzene rings is 3. The number of aliphatic hydroxyl groups excluding tert-OH is 1. The number of hydrogen-bond donors (Lipinski definition) is 15. The second-order valence-corrected chi connectivity index (χ2v) is 31.0. The third kappa shape index (κ3) is 101. The number of para-hydroxylation sites is 1. The largest absolute Gasteiger partial charge is 0.549 e. The number of aliphatic carboxylic acids is 16. The highest BCUT2D eigenvalue weighted by atomic mass is 16.5. The van der Waals surface area contributed by atoms with E-state index in [-0.39, 0.29) is 104 Å². The van der Waals surface area contributed by atoms with Crippen molar-refractivity contribution in [2.75, 3.05) is 227 Å². The molecule has 0 radical (unpaired) electrons. The summed E-state index contributed by atoms with van der Waals surface area (Å²) in [6.45, 7) is -2.27. The Balaban J connectivity index is -0.000000270. The van der Waals surface area contributed by atoms with Crippen molar-refractivity contribution in [3.63, 3.8) is 0 Å². The van der Waals surface area contributed by atoms with Crippen LogP contribution in [0.5, 0.6) is 0 Å². The van der Waals surface area contributed by atoms with Gasteiger partial charge >= 0.3 is 95.9 Å². The number of carboxylic acid groups (broad SMARTS) is 16. The maximum Gasteiger partial charge on any atom is 0.373 e. The molecule has 4 rings (SSSR count). The van der Waals surface area contributed by atoms with Crippen molar-refractivity contribution < 1.29 is 201 Å². The minimum Gasteiger partial charge on any atom is -0.549 e. The molecule has 0 aliphatic heterocycles. The van der Waals surface area contributed by atoms with Gasteiger partial charge in [0.15, 0.2) is 0 Å². The van der Waals surface area contributed by atoms with Crippen LogP contribution in [0.1, 0.15) is 81.3 Å². The number of methoxy groups -OCH3 is 1. The van der Waals surface area contributed by atoms with Crippen LogP contribution in [0.15, 0.2) is 91.0 Å². The number of nitrogens with zero attached hydrogens (tertiary/aromatic N) is 10. The Hall–Kier alpha value is -12.7. The van der Waals surface area contributed by atoms with Gasteiger partial charge in [0.25, 0.3) is 0 Å². The molecule has 15 N–H and O–H groups in total. The van der Waals surface area contributed by atoms with Gasteiger partial charge in [0.05, 0.1) is 173 Å². The number of quaternary nitrogens is 2. The van der Waals surface area contributed by atoms with E-state index in [0.29, 0.717) is 44.8 Å². The van der Waals surface area contributed by atoms with E-state index in [9.17, 15) is 86.9 Å². The van der Waals surface area contributed by atoms with Gasteiger partial charge in [0.1, 0.15) is 13.1 Å². The number of unbranched alkanes of at least 4 members (excludes halogenated alkanes) is 3. The SMILES string of the molecule is CN(C)CCCCCCN(CC(=O)O)CC(=O)O.COCCOCCN(CC(=O)O)CC(=O)O.C[N+](C)(C)C.C[N+](C)(C)C.O=C(O)CC(CC(=O)O)c1ccccc1.O=C(O)CN(CC(=O)O)C1CCCCC1N(CC(=O)O)CC(=O)O.O=C(O)CN(CC(=O)O)Cc1ccccc1.O=C(O)CN(CC(=O)O)c1ccccc1.O=C([O-])CN(CCO)CC(=O)[O-].O=C=O.O=C=O. The van der Waals surface area contributed by atoms with Crippen LogP contribution in [0.3, 0.4) is 0 Å². The Kier molecular flexibility index (Phi) is 81.7. The van der Waals surface area contributed by atoms with Gasteiger partial charge in [0.2, 0.25) is 0 Å². The molecule has 0 spiro atoms. The molecule has 49 heteroatoms. The number of hydrogen-bond acceptors (Lipinski definition) is 33. The van der Waals surface area contributed by atoms with Crippen molar-refractivity contribution in [2.24, 2.45) is 0 Å². The number of carbonyl (C=O) groups is 16. The van der Waals surface area contributed by atoms with E-state index in [4.69, 9.17) is 105 Å². The van der Waals surface area contributed by atoms with Crippen molar-refractivity contribution in [1.29, 1.82) is 0 Å². The fraction of sp³-hybridized carbons (Fsp3) is 0.566. The van der Waals surface area contributed by atoms with E-state index in [2.05, 4.69) is 61.3 Å². The van der Waals surface area contributed by atoms with Gasteiger partial charge in [0, 0.05) is 63.5 Å². The summed E-state index contributed by atoms with van der Waals surface area (Å²) in [4.78, 5) is 213. The molecule has 132 heavy (non-hydrogen) atoms. The average Bonchev–Trinajstić information content (AvgIpc) is 0.818. The maximum absolute atomic E-state index is 11.0. The zero-order valence-electron chi connectivity index (χ0n) is 76.2. The van der Waals surface area contributed by atoms with Crippen LogP contribution < -0.4 is 15.1 Å². The molecule has 3 aromatic carbocycles. The molecular weight excluding hydrogens is 1760 g/mol. The number of rotatable bonds is 53. The van der Waals surface area contributed by atoms with Crippen LogP contribution in [0.4, 0.5) is 5.69 Å². The molecule has 1 saturated carbocycles. The Bertz CT molecular complexity index is 3570. The van der Waals surface area contributed by atoms with E-state index >= 15 is 0 Å². The summed E-state index contributed by atoms with van der Waals surface area (Å²) in [5.41, 5.74) is 2.23. The van der Waals surface area contributed by atoms with Gasteiger partial charge in [-0.2, -0.15) is 19.2 Å². The highest BCUT2D eigenvalue weighted by Crippen LogP contribution is 2.28. The predicted octanol–water partition coefficient (Wildman–Crippen LogP) is -2.76. The molecule has 0 bridgehead atoms. The zero-order valence-corrected chi connectivity index (χ0v) is 76.2. The first-order chi connectivity index (χ1) is 61.3. The maximum atomic E-state index is 11.0. The Morgan fingerprint density at radius 1 is 0.371 bits per heavy atom. The van der Waals surface area contributed by atoms with E-state index in [1.165, 1.54) is 29.4 Å². The lowest BCUT2D eigenvalue weighted by atomic mass is 9.87. The van der Waals surface area contributed by atoms with Gasteiger partial charge < -0.3 is 125 Å². The quantitative estimate of drug-likeness (QED) is 0.0201. The average molecular weight is 1890 g/mol. The van der Waals surface area contributed by atoms with Crippen molar-refractivity contribution in [1.82, 2.24) is 34.3 Å². The molecule has 3 aromatic rings. The molecule has 1 fully saturated rings. The van der Waals surface area contributed by atoms with E-state index in [1.54, 1.807) is 61.7 Å². The molecule has 2 unspecified atom stereocenters. The van der Waals surface area contributed by atoms with Crippen LogP contribution in [0.25, 0.3) is 0 Å². The third-order valence-electron chi connectivity index (χ3n) is 15.2. The first-order valence-electron chi connectivity index (χ1n) is 39.9. The lowest BCUT2D eigenvalue weighted by molar-refractivity contribution is -0.849. The highest BCUT2D eigenvalue weighted by Gasteiger charge is 2.37. The lowest BCUT2D eigenvalue weighted by Gasteiger charge is -2.43. The van der Waals surface area contributed by atoms with Gasteiger partial charge in [-0.3, -0.25) is 96.5 Å². The Morgan fingerprint density at radius 2 is 0.659 bits per heavy atom. The summed E-state index contributed by atoms with van der Waals surface area (Å²) in [6, 6.07) is 25.5. The Morgan fingerprint density at radius 3 is 0.947 bits per heavy atom. The van der Waals surface area contributed by atoms with Crippen molar-refractivity contribution in [2.45, 2.75) is 88.8 Å². The second kappa shape index (κ2) is 81.5. The summed E-state index contributed by atoms with van der Waals surface area (Å²) in [5, 5.41) is 151. The van der Waals surface area contributed by atoms with Crippen molar-refractivity contribution in [3.8, 4) is 0 Å². The summed E-state index contributed by atoms with van der Waals surface area (Å²) < 4.78 is 11.9. The molecule has 1 aliphatic rings. The summed E-state index contributed by atoms with van der Waals surface area (Å²) in [5.74, 6) is -18.2. The standard InChI is InChI=1S/C14H22N2O8.C12H24N2O4.C11H13NO4.C11H12O4.C10H11NO4.C9H17NO6.C6H11NO5.2C4H12N.2CO2/c17-11(18)5-15(6-12(19)20)9-3-1-2-4-10(9)16(7-13(21)22)8-14(23)24;1-13(2)7-5-3-4-6-8-14(9-11(15)16)10-12(17)18;13-10(14)7-12(8-11(15)16)6-9-4-2-1-3-5-9;12-10(13)6-9(7-11(14)15)8-4-2-1-3-5-8;12-9(13)6-11(7-10(14)15)8-4-2-1-3-5-8;1-15-4-5-16-3-2-10(6-8(11)12)7-9(13)14;8-2-1-7(3-5(9)10)4-6(11)12;2*1-5(2,3)4;2*2-1-3/h9-10H,1-8H2,(H,17,18)(H,19,20)(H,21,22)(H,23,24);3-10H2,1-2H3,(H,15,16)(H,17,18);1-5H,6-8H2,(H,13,14)(H,15,16);1-5,9H,6-7H2,(H,12,13)(H,14,15);1-5H,6-7H2,(H,12,13)(H,14,15);2-7H2,1H3,(H,11,12)(H,13,14);8H,1-4H2,(H,9,10)(H,11,12);2*1-4H3;;/q;;;;;;;2*+1;;/p-2. The predicted molar refractivity (Wildman–Crippen MR) is 459 cm³/mol. The summed E-state index contributed by atoms with van der Waals surface area (Å²) >= 11 is 0. The topological polar surface area (TPSA) is 735 Å². The molecule has 1 aliphatic carbocycles. The minimum atomic E-state index is -1.38. The van der Waals surface area contributed by atoms with Crippen LogP contribution in [0, 0.1) is 0 Å². The molecule has 748 valence electrons. The van der Waals surface area contributed by atoms with Gasteiger partial charge in [-0.1, -0.05) is 105 Å². The minimum absolute atomic E-state index is 0.0258. The number of ether oxygens (including phenoxy) is 2. The van der Waals surface area contributed by atoms with E-state index < -0.39 is 153 Å². The molecule has 0 aromatic heterocycles. The van der Waals surface area contributed by atoms with Crippen molar-refractivity contribution in [3.05, 3.63) is 102 Å². The van der Waals surface area contributed by atoms with Gasteiger partial charge in [-0.15, -0.1) is 0 Å². The molecule has 2 atom stereocenters. The number of aliphatic hydroxyl groups is 1. The van der Waals surface area contributed by atoms with Crippen LogP contribution >= 0.6 is 0 Å². The van der Waals surface area contributed by atoms with E-state index in [0.717, 1.165) is 70.1 Å². The lowest BCUT2D eigenvalue weighted by Crippen LogP contribution is -2.57. The number of carbonyl (C=O) groups excluding carboxylic acids is 6. The second-order valence-electron chi connectivity index (χ2n) is 31.0. The third-order valence-corrected chi connectivity index (χ3v) is 15.2. The fourth-order valence-corrected chi connectivity index (χ4v) is 10.7. The summed E-state index contributed by atoms with van der Waals surface area (Å²) in [7, 11) is 22.6. The first kappa shape index (κ1) is 132. The first-order valence-corrected chi connectivity index (χ1v) is 39.9. The Labute approximate surface area is 763 Å². The van der Waals surface area contributed by atoms with Gasteiger partial charge in [-0.05, 0) is 76.1 Å². The number of anilines is 1. The van der Waals surface area contributed by atoms with Crippen LogP contribution in [0.2, 0.25) is 0 Å². The monoisotopic (exact) mass is 1890 g/mol. The van der Waals surface area contributed by atoms with Crippen LogP contribution in [-0.2, 0) is 112 Å². The molecule has 0 heterocycles. The van der Waals surface area contributed by atoms with Crippen molar-refractivity contribution >= 4 is 113 Å². The zero-order chi connectivity index (χ0) is 103. The summed E-state index contributed by atoms with van der Waals surface area (Å²) in [6.07, 6.45) is 6.69. The van der Waals surface area contributed by atoms with E-state index in [1.807, 2.05) is 50.5 Å². The van der Waals surface area contributed by atoms with Crippen LogP contribution in [-0.4, -0.2) is 462 Å².